The molecule has 5 heteroatoms. The number of fused-ring (bicyclic) bond motifs is 1. The van der Waals surface area contributed by atoms with Crippen LogP contribution in [0.5, 0.6) is 0 Å². The van der Waals surface area contributed by atoms with Crippen LogP contribution in [0, 0.1) is 5.82 Å². The summed E-state index contributed by atoms with van der Waals surface area (Å²) in [5.41, 5.74) is 2.13. The standard InChI is InChI=1S/C19H18FNO3/c20-16-8-4-3-7-15(16)17(9-10-22)21-11-13-5-1-2-6-14(13)19(21)18(24)12-23/h1-8,12,17,19,22H,9-11H2. The average molecular weight is 327 g/mol. The van der Waals surface area contributed by atoms with Gasteiger partial charge in [0.05, 0.1) is 0 Å². The summed E-state index contributed by atoms with van der Waals surface area (Å²) in [6, 6.07) is 12.5. The highest BCUT2D eigenvalue weighted by atomic mass is 19.1. The zero-order valence-corrected chi connectivity index (χ0v) is 13.1. The summed E-state index contributed by atoms with van der Waals surface area (Å²) in [6.45, 7) is 0.285. The minimum atomic E-state index is -0.741. The number of aliphatic hydroxyl groups is 1. The molecule has 1 N–H and O–H groups in total. The molecule has 0 fully saturated rings. The molecule has 1 aliphatic heterocycles. The molecule has 2 atom stereocenters. The van der Waals surface area contributed by atoms with Gasteiger partial charge in [0, 0.05) is 24.8 Å². The van der Waals surface area contributed by atoms with Crippen molar-refractivity contribution in [2.45, 2.75) is 25.0 Å². The number of aliphatic hydroxyl groups excluding tert-OH is 1. The molecule has 0 amide bonds. The number of hydrogen-bond acceptors (Lipinski definition) is 4. The van der Waals surface area contributed by atoms with Gasteiger partial charge in [0.15, 0.2) is 6.29 Å². The van der Waals surface area contributed by atoms with Gasteiger partial charge in [-0.05, 0) is 23.6 Å². The maximum atomic E-state index is 14.3. The van der Waals surface area contributed by atoms with Crippen LogP contribution in [-0.4, -0.2) is 28.7 Å². The minimum absolute atomic E-state index is 0.145. The Morgan fingerprint density at radius 3 is 2.67 bits per heavy atom. The second-order valence-electron chi connectivity index (χ2n) is 5.84. The van der Waals surface area contributed by atoms with Crippen molar-refractivity contribution < 1.29 is 19.1 Å². The molecule has 24 heavy (non-hydrogen) atoms. The molecule has 0 saturated carbocycles. The maximum absolute atomic E-state index is 14.3. The monoisotopic (exact) mass is 327 g/mol. The molecule has 3 rings (SSSR count). The Hall–Kier alpha value is -2.37. The highest BCUT2D eigenvalue weighted by Crippen LogP contribution is 2.41. The Kier molecular flexibility index (Phi) is 4.83. The Labute approximate surface area is 139 Å². The third kappa shape index (κ3) is 2.88. The number of benzene rings is 2. The molecule has 2 aromatic carbocycles. The van der Waals surface area contributed by atoms with Crippen molar-refractivity contribution in [3.63, 3.8) is 0 Å². The number of halogens is 1. The number of carbonyl (C=O) groups is 2. The normalized spacial score (nSPS) is 18.2. The zero-order valence-electron chi connectivity index (χ0n) is 13.1. The maximum Gasteiger partial charge on any atom is 0.216 e. The van der Waals surface area contributed by atoms with Crippen LogP contribution in [0.3, 0.4) is 0 Å². The van der Waals surface area contributed by atoms with Crippen molar-refractivity contribution in [1.29, 1.82) is 0 Å². The van der Waals surface area contributed by atoms with E-state index in [9.17, 15) is 19.1 Å². The van der Waals surface area contributed by atoms with Crippen LogP contribution >= 0.6 is 0 Å². The van der Waals surface area contributed by atoms with Crippen molar-refractivity contribution in [2.75, 3.05) is 6.61 Å². The zero-order chi connectivity index (χ0) is 17.1. The average Bonchev–Trinajstić information content (AvgIpc) is 2.99. The van der Waals surface area contributed by atoms with Crippen molar-refractivity contribution >= 4 is 12.1 Å². The molecule has 0 saturated heterocycles. The van der Waals surface area contributed by atoms with Crippen molar-refractivity contribution in [1.82, 2.24) is 4.90 Å². The molecule has 1 aliphatic rings. The first-order chi connectivity index (χ1) is 11.7. The third-order valence-corrected chi connectivity index (χ3v) is 4.49. The number of nitrogens with zero attached hydrogens (tertiary/aromatic N) is 1. The van der Waals surface area contributed by atoms with Crippen LogP contribution in [-0.2, 0) is 16.1 Å². The van der Waals surface area contributed by atoms with Crippen LogP contribution in [0.1, 0.15) is 35.2 Å². The molecular formula is C19H18FNO3. The van der Waals surface area contributed by atoms with Crippen molar-refractivity contribution in [2.24, 2.45) is 0 Å². The first-order valence-corrected chi connectivity index (χ1v) is 7.85. The van der Waals surface area contributed by atoms with Gasteiger partial charge in [0.1, 0.15) is 11.9 Å². The highest BCUT2D eigenvalue weighted by Gasteiger charge is 2.39. The predicted molar refractivity (Wildman–Crippen MR) is 86.6 cm³/mol. The number of aldehydes is 1. The largest absolute Gasteiger partial charge is 0.396 e. The molecule has 2 unspecified atom stereocenters. The summed E-state index contributed by atoms with van der Waals surface area (Å²) in [6.07, 6.45) is 0.592. The first kappa shape index (κ1) is 16.5. The fourth-order valence-electron chi connectivity index (χ4n) is 3.45. The Morgan fingerprint density at radius 2 is 1.96 bits per heavy atom. The van der Waals surface area contributed by atoms with Crippen LogP contribution in [0.4, 0.5) is 4.39 Å². The lowest BCUT2D eigenvalue weighted by Gasteiger charge is -2.32. The molecule has 124 valence electrons. The van der Waals surface area contributed by atoms with Gasteiger partial charge in [-0.2, -0.15) is 0 Å². The van der Waals surface area contributed by atoms with Gasteiger partial charge in [-0.3, -0.25) is 14.5 Å². The Bertz CT molecular complexity index is 762. The van der Waals surface area contributed by atoms with Crippen molar-refractivity contribution in [3.05, 3.63) is 71.0 Å². The lowest BCUT2D eigenvalue weighted by Crippen LogP contribution is -2.33. The first-order valence-electron chi connectivity index (χ1n) is 7.85. The molecule has 0 aromatic heterocycles. The van der Waals surface area contributed by atoms with E-state index in [1.54, 1.807) is 23.1 Å². The van der Waals surface area contributed by atoms with E-state index in [0.29, 0.717) is 18.4 Å². The predicted octanol–water partition coefficient (Wildman–Crippen LogP) is 2.57. The fourth-order valence-corrected chi connectivity index (χ4v) is 3.45. The number of rotatable bonds is 6. The Balaban J connectivity index is 2.06. The van der Waals surface area contributed by atoms with E-state index in [2.05, 4.69) is 0 Å². The molecule has 0 bridgehead atoms. The summed E-state index contributed by atoms with van der Waals surface area (Å²) in [7, 11) is 0. The fraction of sp³-hybridized carbons (Fsp3) is 0.263. The van der Waals surface area contributed by atoms with E-state index < -0.39 is 17.9 Å². The molecular weight excluding hydrogens is 309 g/mol. The molecule has 0 aliphatic carbocycles. The lowest BCUT2D eigenvalue weighted by molar-refractivity contribution is -0.134. The van der Waals surface area contributed by atoms with E-state index in [0.717, 1.165) is 11.1 Å². The van der Waals surface area contributed by atoms with Crippen LogP contribution < -0.4 is 0 Å². The highest BCUT2D eigenvalue weighted by molar-refractivity contribution is 6.27. The second-order valence-corrected chi connectivity index (χ2v) is 5.84. The lowest BCUT2D eigenvalue weighted by atomic mass is 9.98. The number of Topliss-reactive ketones (excluding diaryl/α,β-unsaturated/α-hetero) is 1. The van der Waals surface area contributed by atoms with Gasteiger partial charge in [-0.15, -0.1) is 0 Å². The molecule has 0 radical (unpaired) electrons. The molecule has 2 aromatic rings. The van der Waals surface area contributed by atoms with Gasteiger partial charge < -0.3 is 5.11 Å². The van der Waals surface area contributed by atoms with Crippen LogP contribution in [0.2, 0.25) is 0 Å². The minimum Gasteiger partial charge on any atom is -0.396 e. The van der Waals surface area contributed by atoms with E-state index >= 15 is 0 Å². The summed E-state index contributed by atoms with van der Waals surface area (Å²) in [4.78, 5) is 25.2. The number of carbonyl (C=O) groups excluding carboxylic acids is 2. The summed E-state index contributed by atoms with van der Waals surface area (Å²) in [5, 5.41) is 9.44. The van der Waals surface area contributed by atoms with Gasteiger partial charge in [0.2, 0.25) is 5.78 Å². The van der Waals surface area contributed by atoms with E-state index in [4.69, 9.17) is 0 Å². The summed E-state index contributed by atoms with van der Waals surface area (Å²) < 4.78 is 14.3. The Morgan fingerprint density at radius 1 is 1.25 bits per heavy atom. The van der Waals surface area contributed by atoms with E-state index in [-0.39, 0.29) is 18.8 Å². The number of ketones is 1. The smallest absolute Gasteiger partial charge is 0.216 e. The van der Waals surface area contributed by atoms with Gasteiger partial charge in [0.25, 0.3) is 0 Å². The number of hydrogen-bond donors (Lipinski definition) is 1. The third-order valence-electron chi connectivity index (χ3n) is 4.49. The molecule has 0 spiro atoms. The quantitative estimate of drug-likeness (QED) is 0.654. The van der Waals surface area contributed by atoms with Gasteiger partial charge in [-0.1, -0.05) is 42.5 Å². The summed E-state index contributed by atoms with van der Waals surface area (Å²) >= 11 is 0. The SMILES string of the molecule is O=CC(=O)C1c2ccccc2CN1C(CCO)c1ccccc1F. The summed E-state index contributed by atoms with van der Waals surface area (Å²) in [5.74, 6) is -0.941. The molecule has 1 heterocycles. The van der Waals surface area contributed by atoms with Gasteiger partial charge in [-0.25, -0.2) is 4.39 Å². The van der Waals surface area contributed by atoms with Crippen LogP contribution in [0.25, 0.3) is 0 Å². The second kappa shape index (κ2) is 7.03. The topological polar surface area (TPSA) is 57.6 Å². The van der Waals surface area contributed by atoms with E-state index in [1.165, 1.54) is 6.07 Å². The van der Waals surface area contributed by atoms with Gasteiger partial charge >= 0.3 is 0 Å². The van der Waals surface area contributed by atoms with Crippen molar-refractivity contribution in [3.8, 4) is 0 Å². The molecule has 4 nitrogen and oxygen atoms in total. The van der Waals surface area contributed by atoms with Crippen LogP contribution in [0.15, 0.2) is 48.5 Å². The van der Waals surface area contributed by atoms with E-state index in [1.807, 2.05) is 24.3 Å².